The van der Waals surface area contributed by atoms with E-state index < -0.39 is 0 Å². The smallest absolute Gasteiger partial charge is 0.0454 e. The summed E-state index contributed by atoms with van der Waals surface area (Å²) in [6.07, 6.45) is 5.02. The number of anilines is 2. The van der Waals surface area contributed by atoms with Crippen molar-refractivity contribution in [3.63, 3.8) is 0 Å². The number of fused-ring (bicyclic) bond motifs is 2. The van der Waals surface area contributed by atoms with Gasteiger partial charge in [-0.1, -0.05) is 24.3 Å². The van der Waals surface area contributed by atoms with Crippen molar-refractivity contribution in [3.8, 4) is 0 Å². The summed E-state index contributed by atoms with van der Waals surface area (Å²) in [6, 6.07) is 15.7. The summed E-state index contributed by atoms with van der Waals surface area (Å²) in [5, 5.41) is 0. The summed E-state index contributed by atoms with van der Waals surface area (Å²) in [5.41, 5.74) is 5.94. The third-order valence-electron chi connectivity index (χ3n) is 4.34. The highest BCUT2D eigenvalue weighted by molar-refractivity contribution is 7.99. The average molecular weight is 281 g/mol. The molecule has 102 valence electrons. The van der Waals surface area contributed by atoms with Gasteiger partial charge in [-0.05, 0) is 60.8 Å². The second-order valence-corrected chi connectivity index (χ2v) is 6.73. The molecule has 0 atom stereocenters. The van der Waals surface area contributed by atoms with Gasteiger partial charge in [-0.15, -0.1) is 11.8 Å². The first kappa shape index (κ1) is 12.3. The van der Waals surface area contributed by atoms with Crippen molar-refractivity contribution < 1.29 is 0 Å². The van der Waals surface area contributed by atoms with Crippen molar-refractivity contribution in [2.75, 3.05) is 17.2 Å². The van der Waals surface area contributed by atoms with Crippen LogP contribution in [0.15, 0.2) is 47.4 Å². The van der Waals surface area contributed by atoms with E-state index in [1.54, 1.807) is 5.56 Å². The second kappa shape index (κ2) is 5.17. The number of hydrogen-bond donors (Lipinski definition) is 0. The molecule has 0 aliphatic carbocycles. The average Bonchev–Trinajstić information content (AvgIpc) is 2.54. The van der Waals surface area contributed by atoms with Crippen molar-refractivity contribution in [1.29, 1.82) is 0 Å². The highest BCUT2D eigenvalue weighted by atomic mass is 32.2. The lowest BCUT2D eigenvalue weighted by Crippen LogP contribution is -2.25. The van der Waals surface area contributed by atoms with E-state index in [2.05, 4.69) is 47.4 Å². The minimum absolute atomic E-state index is 1.15. The maximum Gasteiger partial charge on any atom is 0.0454 e. The fraction of sp³-hybridized carbons (Fsp3) is 0.333. The van der Waals surface area contributed by atoms with Crippen LogP contribution in [0.2, 0.25) is 0 Å². The van der Waals surface area contributed by atoms with Crippen LogP contribution in [0.4, 0.5) is 11.4 Å². The zero-order valence-corrected chi connectivity index (χ0v) is 12.5. The van der Waals surface area contributed by atoms with Crippen LogP contribution in [0.1, 0.15) is 24.0 Å². The first-order chi connectivity index (χ1) is 9.93. The molecule has 0 amide bonds. The molecule has 20 heavy (non-hydrogen) atoms. The van der Waals surface area contributed by atoms with E-state index in [0.29, 0.717) is 0 Å². The van der Waals surface area contributed by atoms with Gasteiger partial charge in [0.15, 0.2) is 0 Å². The number of hydrogen-bond acceptors (Lipinski definition) is 2. The molecular weight excluding hydrogens is 262 g/mol. The van der Waals surface area contributed by atoms with Gasteiger partial charge in [-0.3, -0.25) is 0 Å². The van der Waals surface area contributed by atoms with Gasteiger partial charge in [-0.25, -0.2) is 0 Å². The Morgan fingerprint density at radius 1 is 0.850 bits per heavy atom. The molecule has 1 nitrogen and oxygen atoms in total. The molecule has 0 bridgehead atoms. The second-order valence-electron chi connectivity index (χ2n) is 5.59. The van der Waals surface area contributed by atoms with Crippen molar-refractivity contribution in [2.24, 2.45) is 0 Å². The third kappa shape index (κ3) is 2.03. The summed E-state index contributed by atoms with van der Waals surface area (Å²) in [7, 11) is 0. The summed E-state index contributed by atoms with van der Waals surface area (Å²) >= 11 is 2.02. The molecule has 0 spiro atoms. The largest absolute Gasteiger partial charge is 0.341 e. The molecule has 2 heterocycles. The summed E-state index contributed by atoms with van der Waals surface area (Å²) < 4.78 is 0. The first-order valence-electron chi connectivity index (χ1n) is 7.53. The maximum absolute atomic E-state index is 2.55. The number of rotatable bonds is 1. The van der Waals surface area contributed by atoms with Crippen molar-refractivity contribution in [2.45, 2.75) is 30.6 Å². The highest BCUT2D eigenvalue weighted by Gasteiger charge is 2.22. The van der Waals surface area contributed by atoms with Crippen LogP contribution in [0.3, 0.4) is 0 Å². The van der Waals surface area contributed by atoms with Crippen LogP contribution >= 0.6 is 11.8 Å². The quantitative estimate of drug-likeness (QED) is 0.738. The lowest BCUT2D eigenvalue weighted by atomic mass is 9.99. The third-order valence-corrected chi connectivity index (χ3v) is 5.52. The van der Waals surface area contributed by atoms with E-state index in [0.717, 1.165) is 6.54 Å². The Bertz CT molecular complexity index is 635. The van der Waals surface area contributed by atoms with Crippen LogP contribution in [0, 0.1) is 0 Å². The Morgan fingerprint density at radius 3 is 2.75 bits per heavy atom. The van der Waals surface area contributed by atoms with Gasteiger partial charge in [0.05, 0.1) is 0 Å². The van der Waals surface area contributed by atoms with Crippen LogP contribution in [0.25, 0.3) is 0 Å². The molecule has 0 aromatic heterocycles. The number of para-hydroxylation sites is 1. The number of nitrogens with zero attached hydrogens (tertiary/aromatic N) is 1. The Kier molecular flexibility index (Phi) is 3.19. The van der Waals surface area contributed by atoms with Gasteiger partial charge in [0.2, 0.25) is 0 Å². The van der Waals surface area contributed by atoms with E-state index >= 15 is 0 Å². The number of aryl methyl sites for hydroxylation is 1. The summed E-state index contributed by atoms with van der Waals surface area (Å²) in [4.78, 5) is 4.04. The Morgan fingerprint density at radius 2 is 1.75 bits per heavy atom. The van der Waals surface area contributed by atoms with Gasteiger partial charge in [0.25, 0.3) is 0 Å². The van der Waals surface area contributed by atoms with Crippen LogP contribution in [-0.2, 0) is 12.8 Å². The molecule has 4 rings (SSSR count). The van der Waals surface area contributed by atoms with Gasteiger partial charge in [0, 0.05) is 22.8 Å². The molecule has 0 fully saturated rings. The maximum atomic E-state index is 2.55. The van der Waals surface area contributed by atoms with Gasteiger partial charge < -0.3 is 4.90 Å². The Balaban J connectivity index is 1.83. The fourth-order valence-corrected chi connectivity index (χ4v) is 4.47. The van der Waals surface area contributed by atoms with Crippen molar-refractivity contribution in [1.82, 2.24) is 0 Å². The van der Waals surface area contributed by atoms with Crippen LogP contribution < -0.4 is 4.90 Å². The zero-order valence-electron chi connectivity index (χ0n) is 11.6. The van der Waals surface area contributed by atoms with E-state index in [1.807, 2.05) is 11.8 Å². The standard InChI is InChI=1S/C18H19NS/c1-2-9-16-14(6-1)7-4-12-19(16)17-10-3-11-18-15(17)8-5-13-20-18/h1-3,6,9-11H,4-5,7-8,12-13H2. The molecule has 2 aromatic rings. The van der Waals surface area contributed by atoms with Crippen LogP contribution in [0.5, 0.6) is 0 Å². The molecule has 0 radical (unpaired) electrons. The summed E-state index contributed by atoms with van der Waals surface area (Å²) in [5.74, 6) is 1.27. The molecule has 2 aliphatic heterocycles. The van der Waals surface area contributed by atoms with E-state index in [4.69, 9.17) is 0 Å². The first-order valence-corrected chi connectivity index (χ1v) is 8.52. The molecule has 2 aliphatic rings. The van der Waals surface area contributed by atoms with Gasteiger partial charge >= 0.3 is 0 Å². The Labute approximate surface area is 125 Å². The topological polar surface area (TPSA) is 3.24 Å². The predicted octanol–water partition coefficient (Wildman–Crippen LogP) is 4.81. The van der Waals surface area contributed by atoms with E-state index in [1.165, 1.54) is 53.3 Å². The van der Waals surface area contributed by atoms with E-state index in [-0.39, 0.29) is 0 Å². The van der Waals surface area contributed by atoms with Crippen LogP contribution in [-0.4, -0.2) is 12.3 Å². The lowest BCUT2D eigenvalue weighted by Gasteiger charge is -2.34. The molecule has 0 saturated carbocycles. The minimum atomic E-state index is 1.15. The zero-order chi connectivity index (χ0) is 13.4. The normalized spacial score (nSPS) is 17.5. The fourth-order valence-electron chi connectivity index (χ4n) is 3.41. The minimum Gasteiger partial charge on any atom is -0.341 e. The number of benzene rings is 2. The molecule has 0 N–H and O–H groups in total. The van der Waals surface area contributed by atoms with Gasteiger partial charge in [-0.2, -0.15) is 0 Å². The molecule has 0 saturated heterocycles. The highest BCUT2D eigenvalue weighted by Crippen LogP contribution is 2.40. The monoisotopic (exact) mass is 281 g/mol. The molecular formula is C18H19NS. The van der Waals surface area contributed by atoms with Gasteiger partial charge in [0.1, 0.15) is 0 Å². The van der Waals surface area contributed by atoms with Crippen molar-refractivity contribution >= 4 is 23.1 Å². The predicted molar refractivity (Wildman–Crippen MR) is 87.3 cm³/mol. The molecule has 0 unspecified atom stereocenters. The SMILES string of the molecule is c1ccc2c(c1)CCCN2c1cccc2c1CCCS2. The molecule has 2 heteroatoms. The van der Waals surface area contributed by atoms with E-state index in [9.17, 15) is 0 Å². The molecule has 2 aromatic carbocycles. The Hall–Kier alpha value is -1.41. The van der Waals surface area contributed by atoms with Crippen molar-refractivity contribution in [3.05, 3.63) is 53.6 Å². The lowest BCUT2D eigenvalue weighted by molar-refractivity contribution is 0.758. The summed E-state index contributed by atoms with van der Waals surface area (Å²) in [6.45, 7) is 1.15. The number of thioether (sulfide) groups is 1.